The summed E-state index contributed by atoms with van der Waals surface area (Å²) in [5.41, 5.74) is 2.45. The van der Waals surface area contributed by atoms with Gasteiger partial charge < -0.3 is 4.98 Å². The van der Waals surface area contributed by atoms with Crippen molar-refractivity contribution in [1.29, 1.82) is 0 Å². The minimum Gasteiger partial charge on any atom is -0.361 e. The summed E-state index contributed by atoms with van der Waals surface area (Å²) in [4.78, 5) is 3.25. The lowest BCUT2D eigenvalue weighted by molar-refractivity contribution is 0.650. The van der Waals surface area contributed by atoms with Gasteiger partial charge in [0.25, 0.3) is 0 Å². The van der Waals surface area contributed by atoms with Gasteiger partial charge in [-0.1, -0.05) is 31.5 Å². The molecule has 1 aromatic heterocycles. The molecule has 1 aromatic carbocycles. The molecule has 1 nitrogen and oxygen atoms in total. The molecule has 0 fully saturated rings. The standard InChI is InChI=1S/C12H14ClN/c1-8(2)6-9-7-14-11-5-3-4-10(13)12(9)11/h3-5,7-8,14H,6H2,1-2H3. The topological polar surface area (TPSA) is 15.8 Å². The van der Waals surface area contributed by atoms with Crippen molar-refractivity contribution in [3.05, 3.63) is 35.0 Å². The summed E-state index contributed by atoms with van der Waals surface area (Å²) in [6.07, 6.45) is 3.14. The normalized spacial score (nSPS) is 11.4. The number of halogens is 1. The fourth-order valence-electron chi connectivity index (χ4n) is 1.81. The van der Waals surface area contributed by atoms with Crippen molar-refractivity contribution in [1.82, 2.24) is 4.98 Å². The molecule has 0 atom stereocenters. The van der Waals surface area contributed by atoms with E-state index in [-0.39, 0.29) is 0 Å². The Kier molecular flexibility index (Phi) is 2.51. The lowest BCUT2D eigenvalue weighted by Crippen LogP contribution is -1.92. The average molecular weight is 208 g/mol. The molecule has 0 bridgehead atoms. The number of aromatic amines is 1. The van der Waals surface area contributed by atoms with Gasteiger partial charge in [0.2, 0.25) is 0 Å². The van der Waals surface area contributed by atoms with Crippen LogP contribution in [0.1, 0.15) is 19.4 Å². The van der Waals surface area contributed by atoms with Crippen LogP contribution in [-0.2, 0) is 6.42 Å². The number of benzene rings is 1. The predicted octanol–water partition coefficient (Wildman–Crippen LogP) is 4.02. The Morgan fingerprint density at radius 3 is 2.86 bits per heavy atom. The third-order valence-corrected chi connectivity index (χ3v) is 2.68. The fourth-order valence-corrected chi connectivity index (χ4v) is 2.10. The van der Waals surface area contributed by atoms with Crippen LogP contribution in [0, 0.1) is 5.92 Å². The monoisotopic (exact) mass is 207 g/mol. The van der Waals surface area contributed by atoms with Crippen molar-refractivity contribution < 1.29 is 0 Å². The van der Waals surface area contributed by atoms with Gasteiger partial charge in [-0.15, -0.1) is 0 Å². The van der Waals surface area contributed by atoms with Crippen LogP contribution in [0.15, 0.2) is 24.4 Å². The molecule has 1 N–H and O–H groups in total. The van der Waals surface area contributed by atoms with E-state index in [1.165, 1.54) is 10.9 Å². The molecule has 0 aliphatic carbocycles. The number of rotatable bonds is 2. The zero-order chi connectivity index (χ0) is 10.1. The SMILES string of the molecule is CC(C)Cc1c[nH]c2cccc(Cl)c12. The number of hydrogen-bond acceptors (Lipinski definition) is 0. The van der Waals surface area contributed by atoms with Crippen LogP contribution in [0.4, 0.5) is 0 Å². The van der Waals surface area contributed by atoms with Crippen LogP contribution in [0.3, 0.4) is 0 Å². The van der Waals surface area contributed by atoms with Gasteiger partial charge in [-0.25, -0.2) is 0 Å². The second-order valence-electron chi connectivity index (χ2n) is 4.07. The Balaban J connectivity index is 2.55. The highest BCUT2D eigenvalue weighted by Crippen LogP contribution is 2.27. The highest BCUT2D eigenvalue weighted by Gasteiger charge is 2.07. The Bertz CT molecular complexity index is 443. The maximum atomic E-state index is 6.17. The lowest BCUT2D eigenvalue weighted by atomic mass is 10.0. The molecule has 0 saturated heterocycles. The largest absolute Gasteiger partial charge is 0.361 e. The molecule has 0 amide bonds. The zero-order valence-electron chi connectivity index (χ0n) is 8.47. The summed E-state index contributed by atoms with van der Waals surface area (Å²) in [6.45, 7) is 4.44. The Morgan fingerprint density at radius 1 is 1.36 bits per heavy atom. The van der Waals surface area contributed by atoms with Crippen molar-refractivity contribution in [2.24, 2.45) is 5.92 Å². The summed E-state index contributed by atoms with van der Waals surface area (Å²) in [6, 6.07) is 5.98. The highest BCUT2D eigenvalue weighted by molar-refractivity contribution is 6.35. The van der Waals surface area contributed by atoms with E-state index in [1.54, 1.807) is 0 Å². The van der Waals surface area contributed by atoms with Crippen LogP contribution in [0.5, 0.6) is 0 Å². The molecule has 0 spiro atoms. The second kappa shape index (κ2) is 3.66. The van der Waals surface area contributed by atoms with Gasteiger partial charge in [0, 0.05) is 17.1 Å². The van der Waals surface area contributed by atoms with E-state index < -0.39 is 0 Å². The predicted molar refractivity (Wildman–Crippen MR) is 61.9 cm³/mol. The Labute approximate surface area is 89.1 Å². The Morgan fingerprint density at radius 2 is 2.14 bits per heavy atom. The number of fused-ring (bicyclic) bond motifs is 1. The lowest BCUT2D eigenvalue weighted by Gasteiger charge is -2.03. The number of H-pyrrole nitrogens is 1. The number of hydrogen-bond donors (Lipinski definition) is 1. The van der Waals surface area contributed by atoms with E-state index in [0.717, 1.165) is 17.0 Å². The minimum absolute atomic E-state index is 0.658. The van der Waals surface area contributed by atoms with Gasteiger partial charge in [-0.05, 0) is 30.0 Å². The molecule has 2 rings (SSSR count). The summed E-state index contributed by atoms with van der Waals surface area (Å²) in [5.74, 6) is 0.658. The van der Waals surface area contributed by atoms with E-state index >= 15 is 0 Å². The fraction of sp³-hybridized carbons (Fsp3) is 0.333. The van der Waals surface area contributed by atoms with E-state index in [2.05, 4.69) is 31.1 Å². The third-order valence-electron chi connectivity index (χ3n) is 2.36. The van der Waals surface area contributed by atoms with Gasteiger partial charge in [0.05, 0.1) is 5.02 Å². The molecular formula is C12H14ClN. The smallest absolute Gasteiger partial charge is 0.0502 e. The summed E-state index contributed by atoms with van der Waals surface area (Å²) < 4.78 is 0. The first-order chi connectivity index (χ1) is 6.68. The summed E-state index contributed by atoms with van der Waals surface area (Å²) >= 11 is 6.17. The molecule has 0 unspecified atom stereocenters. The minimum atomic E-state index is 0.658. The molecule has 2 aromatic rings. The first-order valence-electron chi connectivity index (χ1n) is 4.93. The van der Waals surface area contributed by atoms with Crippen molar-refractivity contribution in [3.63, 3.8) is 0 Å². The van der Waals surface area contributed by atoms with Crippen LogP contribution in [0.25, 0.3) is 10.9 Å². The quantitative estimate of drug-likeness (QED) is 0.766. The van der Waals surface area contributed by atoms with Gasteiger partial charge >= 0.3 is 0 Å². The van der Waals surface area contributed by atoms with Crippen LogP contribution in [-0.4, -0.2) is 4.98 Å². The summed E-state index contributed by atoms with van der Waals surface area (Å²) in [7, 11) is 0. The van der Waals surface area contributed by atoms with Gasteiger partial charge in [-0.3, -0.25) is 0 Å². The molecule has 0 aliphatic heterocycles. The van der Waals surface area contributed by atoms with Crippen LogP contribution >= 0.6 is 11.6 Å². The van der Waals surface area contributed by atoms with Crippen molar-refractivity contribution in [2.45, 2.75) is 20.3 Å². The molecule has 2 heteroatoms. The van der Waals surface area contributed by atoms with E-state index in [0.29, 0.717) is 5.92 Å². The maximum Gasteiger partial charge on any atom is 0.0502 e. The van der Waals surface area contributed by atoms with Crippen molar-refractivity contribution in [3.8, 4) is 0 Å². The van der Waals surface area contributed by atoms with Crippen molar-refractivity contribution >= 4 is 22.5 Å². The third kappa shape index (κ3) is 1.64. The molecule has 0 radical (unpaired) electrons. The average Bonchev–Trinajstić information content (AvgIpc) is 2.49. The zero-order valence-corrected chi connectivity index (χ0v) is 9.23. The van der Waals surface area contributed by atoms with Crippen LogP contribution < -0.4 is 0 Å². The molecule has 14 heavy (non-hydrogen) atoms. The van der Waals surface area contributed by atoms with E-state index in [1.807, 2.05) is 12.1 Å². The molecular weight excluding hydrogens is 194 g/mol. The summed E-state index contributed by atoms with van der Waals surface area (Å²) in [5, 5.41) is 2.03. The Hall–Kier alpha value is -0.950. The molecule has 1 heterocycles. The maximum absolute atomic E-state index is 6.17. The number of nitrogens with one attached hydrogen (secondary N) is 1. The van der Waals surface area contributed by atoms with Gasteiger partial charge in [0.1, 0.15) is 0 Å². The van der Waals surface area contributed by atoms with E-state index in [9.17, 15) is 0 Å². The number of aromatic nitrogens is 1. The van der Waals surface area contributed by atoms with E-state index in [4.69, 9.17) is 11.6 Å². The van der Waals surface area contributed by atoms with Gasteiger partial charge in [0.15, 0.2) is 0 Å². The molecule has 0 aliphatic rings. The molecule has 0 saturated carbocycles. The molecule has 74 valence electrons. The highest BCUT2D eigenvalue weighted by atomic mass is 35.5. The van der Waals surface area contributed by atoms with Crippen LogP contribution in [0.2, 0.25) is 5.02 Å². The first kappa shape index (κ1) is 9.60. The second-order valence-corrected chi connectivity index (χ2v) is 4.48. The first-order valence-corrected chi connectivity index (χ1v) is 5.30. The van der Waals surface area contributed by atoms with Crippen molar-refractivity contribution in [2.75, 3.05) is 0 Å². The van der Waals surface area contributed by atoms with Gasteiger partial charge in [-0.2, -0.15) is 0 Å².